The number of H-pyrrole nitrogens is 1. The van der Waals surface area contributed by atoms with E-state index in [9.17, 15) is 9.59 Å². The van der Waals surface area contributed by atoms with Crippen molar-refractivity contribution < 1.29 is 14.3 Å². The number of fused-ring (bicyclic) bond motifs is 2. The second-order valence-corrected chi connectivity index (χ2v) is 7.37. The third-order valence-corrected chi connectivity index (χ3v) is 5.73. The molecule has 2 amide bonds. The summed E-state index contributed by atoms with van der Waals surface area (Å²) in [5.74, 6) is 0.298. The Bertz CT molecular complexity index is 1060. The Morgan fingerprint density at radius 1 is 1.25 bits per heavy atom. The molecule has 3 heterocycles. The number of nitrogens with one attached hydrogen (secondary N) is 3. The predicted molar refractivity (Wildman–Crippen MR) is 102 cm³/mol. The molecule has 28 heavy (non-hydrogen) atoms. The number of nitrogens with zero attached hydrogens (tertiary/aromatic N) is 2. The van der Waals surface area contributed by atoms with E-state index < -0.39 is 0 Å². The van der Waals surface area contributed by atoms with E-state index in [4.69, 9.17) is 4.74 Å². The van der Waals surface area contributed by atoms with Gasteiger partial charge in [-0.25, -0.2) is 0 Å². The summed E-state index contributed by atoms with van der Waals surface area (Å²) in [6.45, 7) is 1.80. The van der Waals surface area contributed by atoms with Crippen LogP contribution in [0.15, 0.2) is 36.5 Å². The fraction of sp³-hybridized carbons (Fsp3) is 0.350. The average molecular weight is 379 g/mol. The lowest BCUT2D eigenvalue weighted by Gasteiger charge is -2.10. The minimum atomic E-state index is -0.315. The second-order valence-electron chi connectivity index (χ2n) is 7.37. The molecule has 1 aromatic carbocycles. The molecular weight excluding hydrogens is 358 g/mol. The smallest absolute Gasteiger partial charge is 0.271 e. The normalized spacial score (nSPS) is 22.8. The number of aromatic nitrogens is 3. The molecule has 1 aliphatic heterocycles. The van der Waals surface area contributed by atoms with Gasteiger partial charge in [-0.3, -0.25) is 14.3 Å². The summed E-state index contributed by atoms with van der Waals surface area (Å²) in [6.07, 6.45) is 1.88. The van der Waals surface area contributed by atoms with Crippen molar-refractivity contribution >= 4 is 22.7 Å². The van der Waals surface area contributed by atoms with Crippen molar-refractivity contribution in [2.45, 2.75) is 12.6 Å². The largest absolute Gasteiger partial charge is 0.381 e. The van der Waals surface area contributed by atoms with Crippen molar-refractivity contribution in [1.29, 1.82) is 0 Å². The van der Waals surface area contributed by atoms with Gasteiger partial charge in [-0.2, -0.15) is 5.10 Å². The van der Waals surface area contributed by atoms with Crippen molar-refractivity contribution in [2.75, 3.05) is 20.3 Å². The van der Waals surface area contributed by atoms with Crippen LogP contribution < -0.4 is 10.6 Å². The molecular formula is C20H21N5O3. The zero-order chi connectivity index (χ0) is 19.3. The highest BCUT2D eigenvalue weighted by atomic mass is 16.5. The summed E-state index contributed by atoms with van der Waals surface area (Å²) in [4.78, 5) is 28.2. The summed E-state index contributed by atoms with van der Waals surface area (Å²) in [5, 5.41) is 11.1. The van der Waals surface area contributed by atoms with Gasteiger partial charge in [0.2, 0.25) is 0 Å². The molecule has 3 N–H and O–H groups in total. The number of carbonyl (C=O) groups is 2. The molecule has 2 aliphatic rings. The summed E-state index contributed by atoms with van der Waals surface area (Å²) in [6, 6.07) is 9.67. The second kappa shape index (κ2) is 6.49. The van der Waals surface area contributed by atoms with Gasteiger partial charge in [0.15, 0.2) is 5.69 Å². The summed E-state index contributed by atoms with van der Waals surface area (Å²) in [5.41, 5.74) is 2.66. The molecule has 0 spiro atoms. The standard InChI is InChI=1S/C20H21N5O3/c1-21-19(26)16-7-17(20(27)23-18-13-9-28-10-14(13)18)25(24-16)8-11-3-2-4-15-12(11)5-6-22-15/h2-7,13-14,18,22H,8-10H2,1H3,(H,21,26)(H,23,27)/t13-,14+,18?. The van der Waals surface area contributed by atoms with Crippen LogP contribution in [0.2, 0.25) is 0 Å². The van der Waals surface area contributed by atoms with E-state index >= 15 is 0 Å². The average Bonchev–Trinajstić information content (AvgIpc) is 3.22. The van der Waals surface area contributed by atoms with Crippen molar-refractivity contribution in [2.24, 2.45) is 11.8 Å². The van der Waals surface area contributed by atoms with Crippen LogP contribution >= 0.6 is 0 Å². The molecule has 0 bridgehead atoms. The molecule has 2 fully saturated rings. The lowest BCUT2D eigenvalue weighted by atomic mass is 10.1. The van der Waals surface area contributed by atoms with E-state index in [-0.39, 0.29) is 23.6 Å². The minimum absolute atomic E-state index is 0.154. The van der Waals surface area contributed by atoms with Gasteiger partial charge in [-0.05, 0) is 17.7 Å². The van der Waals surface area contributed by atoms with Crippen LogP contribution in [0.5, 0.6) is 0 Å². The van der Waals surface area contributed by atoms with Gasteiger partial charge in [-0.15, -0.1) is 0 Å². The molecule has 1 unspecified atom stereocenters. The third-order valence-electron chi connectivity index (χ3n) is 5.73. The number of hydrogen-bond donors (Lipinski definition) is 3. The lowest BCUT2D eigenvalue weighted by Crippen LogP contribution is -2.31. The maximum Gasteiger partial charge on any atom is 0.271 e. The van der Waals surface area contributed by atoms with Crippen LogP contribution in [0, 0.1) is 11.8 Å². The lowest BCUT2D eigenvalue weighted by molar-refractivity contribution is 0.0917. The van der Waals surface area contributed by atoms with Gasteiger partial charge in [-0.1, -0.05) is 12.1 Å². The topological polar surface area (TPSA) is 101 Å². The fourth-order valence-corrected chi connectivity index (χ4v) is 4.09. The molecule has 1 saturated heterocycles. The van der Waals surface area contributed by atoms with E-state index in [1.807, 2.05) is 30.5 Å². The molecule has 3 atom stereocenters. The highest BCUT2D eigenvalue weighted by Gasteiger charge is 2.54. The van der Waals surface area contributed by atoms with Crippen LogP contribution in [0.3, 0.4) is 0 Å². The Morgan fingerprint density at radius 2 is 2.07 bits per heavy atom. The quantitative estimate of drug-likeness (QED) is 0.619. The van der Waals surface area contributed by atoms with E-state index in [1.165, 1.54) is 0 Å². The number of ether oxygens (including phenoxy) is 1. The number of aromatic amines is 1. The first kappa shape index (κ1) is 17.0. The monoisotopic (exact) mass is 379 g/mol. The maximum absolute atomic E-state index is 12.9. The summed E-state index contributed by atoms with van der Waals surface area (Å²) < 4.78 is 6.99. The van der Waals surface area contributed by atoms with Crippen molar-refractivity contribution in [3.05, 3.63) is 53.5 Å². The highest BCUT2D eigenvalue weighted by molar-refractivity contribution is 5.98. The molecule has 1 aliphatic carbocycles. The molecule has 0 radical (unpaired) electrons. The van der Waals surface area contributed by atoms with Crippen LogP contribution in [-0.4, -0.2) is 52.9 Å². The SMILES string of the molecule is CNC(=O)c1cc(C(=O)NC2[C@H]3COC[C@@H]23)n(Cc2cccc3[nH]ccc23)n1. The zero-order valence-corrected chi connectivity index (χ0v) is 15.4. The van der Waals surface area contributed by atoms with Crippen LogP contribution in [0.4, 0.5) is 0 Å². The first-order chi connectivity index (χ1) is 13.7. The van der Waals surface area contributed by atoms with Gasteiger partial charge in [0.05, 0.1) is 19.8 Å². The number of hydrogen-bond acceptors (Lipinski definition) is 4. The summed E-state index contributed by atoms with van der Waals surface area (Å²) >= 11 is 0. The van der Waals surface area contributed by atoms with E-state index in [2.05, 4.69) is 20.7 Å². The number of carbonyl (C=O) groups excluding carboxylic acids is 2. The van der Waals surface area contributed by atoms with Gasteiger partial charge >= 0.3 is 0 Å². The van der Waals surface area contributed by atoms with Gasteiger partial charge < -0.3 is 20.4 Å². The van der Waals surface area contributed by atoms with Crippen molar-refractivity contribution in [1.82, 2.24) is 25.4 Å². The van der Waals surface area contributed by atoms with Crippen LogP contribution in [0.25, 0.3) is 10.9 Å². The third kappa shape index (κ3) is 2.77. The summed E-state index contributed by atoms with van der Waals surface area (Å²) in [7, 11) is 1.55. The van der Waals surface area contributed by atoms with E-state index in [1.54, 1.807) is 17.8 Å². The van der Waals surface area contributed by atoms with Gasteiger partial charge in [0, 0.05) is 48.1 Å². The Morgan fingerprint density at radius 3 is 2.86 bits per heavy atom. The zero-order valence-electron chi connectivity index (χ0n) is 15.4. The van der Waals surface area contributed by atoms with Crippen LogP contribution in [-0.2, 0) is 11.3 Å². The molecule has 3 aromatic rings. The number of amides is 2. The Kier molecular flexibility index (Phi) is 3.94. The molecule has 144 valence electrons. The molecule has 8 heteroatoms. The van der Waals surface area contributed by atoms with Gasteiger partial charge in [0.1, 0.15) is 5.69 Å². The highest BCUT2D eigenvalue weighted by Crippen LogP contribution is 2.44. The molecule has 2 aromatic heterocycles. The first-order valence-corrected chi connectivity index (χ1v) is 9.39. The predicted octanol–water partition coefficient (Wildman–Crippen LogP) is 1.15. The molecule has 8 nitrogen and oxygen atoms in total. The maximum atomic E-state index is 12.9. The van der Waals surface area contributed by atoms with Crippen molar-refractivity contribution in [3.8, 4) is 0 Å². The Labute approximate surface area is 161 Å². The Balaban J connectivity index is 1.45. The first-order valence-electron chi connectivity index (χ1n) is 9.39. The minimum Gasteiger partial charge on any atom is -0.381 e. The van der Waals surface area contributed by atoms with E-state index in [0.717, 1.165) is 16.5 Å². The van der Waals surface area contributed by atoms with E-state index in [0.29, 0.717) is 37.3 Å². The Hall–Kier alpha value is -3.13. The molecule has 5 rings (SSSR count). The fourth-order valence-electron chi connectivity index (χ4n) is 4.09. The number of benzene rings is 1. The number of rotatable bonds is 5. The molecule has 1 saturated carbocycles. The van der Waals surface area contributed by atoms with Gasteiger partial charge in [0.25, 0.3) is 11.8 Å². The van der Waals surface area contributed by atoms with Crippen molar-refractivity contribution in [3.63, 3.8) is 0 Å². The van der Waals surface area contributed by atoms with Crippen LogP contribution in [0.1, 0.15) is 26.5 Å².